The molecule has 0 aliphatic carbocycles. The fraction of sp³-hybridized carbons (Fsp3) is 0.667. The Morgan fingerprint density at radius 3 is 0.971 bits per heavy atom. The number of hydrogen-bond acceptors (Lipinski definition) is 9. The zero-order valence-corrected chi connectivity index (χ0v) is 23.4. The summed E-state index contributed by atoms with van der Waals surface area (Å²) < 4.78 is 8.25. The molecule has 9 nitrogen and oxygen atoms in total. The van der Waals surface area contributed by atoms with Crippen LogP contribution in [0, 0.1) is 12.8 Å². The van der Waals surface area contributed by atoms with Gasteiger partial charge >= 0.3 is 23.7 Å². The molecule has 34 heavy (non-hydrogen) atoms. The molecule has 0 bridgehead atoms. The van der Waals surface area contributed by atoms with Crippen LogP contribution in [-0.4, -0.2) is 57.1 Å². The first-order valence-corrected chi connectivity index (χ1v) is 11.6. The van der Waals surface area contributed by atoms with E-state index < -0.39 is 35.3 Å². The van der Waals surface area contributed by atoms with E-state index >= 15 is 0 Å². The van der Waals surface area contributed by atoms with Crippen LogP contribution in [0.4, 0.5) is 0 Å². The Kier molecular flexibility index (Phi) is 39.4. The van der Waals surface area contributed by atoms with Crippen molar-refractivity contribution < 1.29 is 62.7 Å². The summed E-state index contributed by atoms with van der Waals surface area (Å²) in [6, 6.07) is 0. The van der Waals surface area contributed by atoms with Crippen LogP contribution < -0.4 is 0 Å². The van der Waals surface area contributed by atoms with Crippen molar-refractivity contribution in [3.63, 3.8) is 0 Å². The molecular weight excluding hydrogens is 480 g/mol. The van der Waals surface area contributed by atoms with Gasteiger partial charge in [-0.05, 0) is 26.7 Å². The number of hydrogen-bond donors (Lipinski definition) is 2. The van der Waals surface area contributed by atoms with Gasteiger partial charge in [-0.2, -0.15) is 27.7 Å². The standard InChI is InChI=1S/2C9H14O4.2C3H7.O.Ti/c2*1-3-7(11)5-9(13)8(12)4-6(2)10;2*1-3-2;;/h2*7,11H,3-5H2,1-2H3;2*3H,1-2H3;;/q;;2*-1;;+2. The van der Waals surface area contributed by atoms with Crippen LogP contribution in [0.15, 0.2) is 0 Å². The summed E-state index contributed by atoms with van der Waals surface area (Å²) in [4.78, 5) is 64.8. The van der Waals surface area contributed by atoms with Gasteiger partial charge in [0.2, 0.25) is 23.1 Å². The van der Waals surface area contributed by atoms with E-state index in [0.717, 1.165) is 20.4 Å². The number of carbonyl (C=O) groups is 6. The SMILES string of the molecule is CCC(O)CC(=O)C(=O)CC(C)=O.CCC(O)CC(=O)C(=O)CC(C)=O.C[CH-]C.C[CH-]C.[O]=[Ti+2]. The molecule has 0 aromatic carbocycles. The summed E-state index contributed by atoms with van der Waals surface area (Å²) in [7, 11) is 0. The molecule has 0 aliphatic heterocycles. The molecule has 0 aromatic rings. The zero-order chi connectivity index (χ0) is 28.3. The minimum atomic E-state index is -0.775. The normalized spacial score (nSPS) is 10.6. The fourth-order valence-corrected chi connectivity index (χ4v) is 1.59. The maximum absolute atomic E-state index is 11.0. The van der Waals surface area contributed by atoms with Crippen molar-refractivity contribution in [2.45, 2.75) is 106 Å². The van der Waals surface area contributed by atoms with Crippen LogP contribution in [-0.2, 0) is 52.5 Å². The fourth-order valence-electron chi connectivity index (χ4n) is 1.59. The average molecular weight is 522 g/mol. The van der Waals surface area contributed by atoms with Gasteiger partial charge in [0, 0.05) is 12.8 Å². The van der Waals surface area contributed by atoms with E-state index in [1.165, 1.54) is 13.8 Å². The second-order valence-corrected chi connectivity index (χ2v) is 7.14. The molecule has 0 saturated heterocycles. The predicted octanol–water partition coefficient (Wildman–Crippen LogP) is 2.87. The zero-order valence-electron chi connectivity index (χ0n) is 21.8. The van der Waals surface area contributed by atoms with Crippen LogP contribution in [0.3, 0.4) is 0 Å². The topological polar surface area (TPSA) is 160 Å². The molecule has 0 rings (SSSR count). The molecule has 2 N–H and O–H groups in total. The van der Waals surface area contributed by atoms with Crippen molar-refractivity contribution in [3.8, 4) is 0 Å². The van der Waals surface area contributed by atoms with Crippen molar-refractivity contribution in [1.29, 1.82) is 0 Å². The molecule has 0 aliphatic rings. The monoisotopic (exact) mass is 522 g/mol. The average Bonchev–Trinajstić information content (AvgIpc) is 2.75. The van der Waals surface area contributed by atoms with E-state index in [1.807, 2.05) is 40.5 Å². The van der Waals surface area contributed by atoms with Gasteiger partial charge in [-0.3, -0.25) is 28.8 Å². The number of aliphatic hydroxyl groups excluding tert-OH is 2. The molecule has 196 valence electrons. The first kappa shape index (κ1) is 42.6. The second kappa shape index (κ2) is 31.5. The third kappa shape index (κ3) is 37.8. The molecule has 0 spiro atoms. The summed E-state index contributed by atoms with van der Waals surface area (Å²) >= 11 is 0.750. The number of aliphatic hydroxyl groups is 2. The number of ketones is 6. The van der Waals surface area contributed by atoms with Crippen molar-refractivity contribution in [3.05, 3.63) is 12.8 Å². The van der Waals surface area contributed by atoms with Gasteiger partial charge < -0.3 is 23.1 Å². The predicted molar refractivity (Wildman–Crippen MR) is 124 cm³/mol. The molecule has 0 aromatic heterocycles. The molecular formula is C24H42O9Ti. The van der Waals surface area contributed by atoms with Crippen LogP contribution in [0.5, 0.6) is 0 Å². The summed E-state index contributed by atoms with van der Waals surface area (Å²) in [6.45, 7) is 13.9. The van der Waals surface area contributed by atoms with Crippen LogP contribution >= 0.6 is 0 Å². The van der Waals surface area contributed by atoms with Crippen LogP contribution in [0.1, 0.15) is 93.9 Å². The third-order valence-electron chi connectivity index (χ3n) is 3.23. The summed E-state index contributed by atoms with van der Waals surface area (Å²) in [5.74, 6) is -3.40. The molecule has 2 atom stereocenters. The van der Waals surface area contributed by atoms with Gasteiger partial charge in [0.15, 0.2) is 0 Å². The van der Waals surface area contributed by atoms with E-state index in [4.69, 9.17) is 13.5 Å². The molecule has 10 heteroatoms. The summed E-state index contributed by atoms with van der Waals surface area (Å²) in [5, 5.41) is 18.1. The van der Waals surface area contributed by atoms with E-state index in [-0.39, 0.29) is 37.2 Å². The van der Waals surface area contributed by atoms with E-state index in [0.29, 0.717) is 12.8 Å². The summed E-state index contributed by atoms with van der Waals surface area (Å²) in [6.07, 6.45) is 2.25. The third-order valence-corrected chi connectivity index (χ3v) is 3.23. The Morgan fingerprint density at radius 1 is 0.618 bits per heavy atom. The minimum absolute atomic E-state index is 0.178. The molecule has 2 unspecified atom stereocenters. The van der Waals surface area contributed by atoms with E-state index in [2.05, 4.69) is 0 Å². The Bertz CT molecular complexity index is 539. The van der Waals surface area contributed by atoms with Crippen molar-refractivity contribution in [2.75, 3.05) is 0 Å². The first-order chi connectivity index (χ1) is 15.8. The van der Waals surface area contributed by atoms with E-state index in [9.17, 15) is 28.8 Å². The van der Waals surface area contributed by atoms with Crippen molar-refractivity contribution >= 4 is 34.7 Å². The number of Topliss-reactive ketones (excluding diaryl/α,β-unsaturated/α-hetero) is 6. The van der Waals surface area contributed by atoms with Crippen LogP contribution in [0.2, 0.25) is 0 Å². The molecule has 0 amide bonds. The Balaban J connectivity index is -0.000000126. The van der Waals surface area contributed by atoms with Gasteiger partial charge in [-0.25, -0.2) is 0 Å². The van der Waals surface area contributed by atoms with Gasteiger partial charge in [0.05, 0.1) is 25.0 Å². The number of rotatable bonds is 12. The molecule has 0 saturated carbocycles. The molecule has 0 fully saturated rings. The molecule has 0 heterocycles. The summed E-state index contributed by atoms with van der Waals surface area (Å²) in [5.41, 5.74) is 0. The van der Waals surface area contributed by atoms with Gasteiger partial charge in [0.25, 0.3) is 0 Å². The number of carbonyl (C=O) groups excluding carboxylic acids is 6. The molecule has 0 radical (unpaired) electrons. The maximum atomic E-state index is 11.0. The van der Waals surface area contributed by atoms with Gasteiger partial charge in [-0.1, -0.05) is 13.8 Å². The first-order valence-electron chi connectivity index (χ1n) is 10.9. The Morgan fingerprint density at radius 2 is 0.824 bits per heavy atom. The van der Waals surface area contributed by atoms with Crippen molar-refractivity contribution in [1.82, 2.24) is 0 Å². The quantitative estimate of drug-likeness (QED) is 0.170. The van der Waals surface area contributed by atoms with Crippen molar-refractivity contribution in [2.24, 2.45) is 0 Å². The van der Waals surface area contributed by atoms with Crippen LogP contribution in [0.25, 0.3) is 0 Å². The Hall–Kier alpha value is -1.55. The Labute approximate surface area is 216 Å². The second-order valence-electron chi connectivity index (χ2n) is 7.14. The van der Waals surface area contributed by atoms with Gasteiger partial charge in [-0.15, -0.1) is 0 Å². The van der Waals surface area contributed by atoms with E-state index in [1.54, 1.807) is 13.8 Å². The van der Waals surface area contributed by atoms with Gasteiger partial charge in [0.1, 0.15) is 11.6 Å².